The van der Waals surface area contributed by atoms with Crippen molar-refractivity contribution < 1.29 is 19.1 Å². The molecule has 0 aliphatic heterocycles. The zero-order chi connectivity index (χ0) is 21.5. The van der Waals surface area contributed by atoms with Gasteiger partial charge >= 0.3 is 5.97 Å². The predicted octanol–water partition coefficient (Wildman–Crippen LogP) is 3.99. The first-order valence-corrected chi connectivity index (χ1v) is 10.4. The fraction of sp³-hybridized carbons (Fsp3) is 0.565. The first kappa shape index (κ1) is 24.7. The Morgan fingerprint density at radius 3 is 2.55 bits per heavy atom. The van der Waals surface area contributed by atoms with E-state index in [2.05, 4.69) is 36.6 Å². The summed E-state index contributed by atoms with van der Waals surface area (Å²) in [7, 11) is 3.20. The van der Waals surface area contributed by atoms with Crippen molar-refractivity contribution >= 4 is 11.9 Å². The van der Waals surface area contributed by atoms with Gasteiger partial charge < -0.3 is 20.1 Å². The Balaban J connectivity index is 2.30. The van der Waals surface area contributed by atoms with Crippen LogP contribution in [0.25, 0.3) is 0 Å². The SMILES string of the molecule is CNCC(=O)Oc1ccc(CNC(=O)CCCCCC/C=C/C(C)C)cc1OC. The van der Waals surface area contributed by atoms with Crippen LogP contribution < -0.4 is 20.1 Å². The Bertz CT molecular complexity index is 656. The number of unbranched alkanes of at least 4 members (excludes halogenated alkanes) is 4. The summed E-state index contributed by atoms with van der Waals surface area (Å²) in [6, 6.07) is 5.27. The zero-order valence-electron chi connectivity index (χ0n) is 18.3. The van der Waals surface area contributed by atoms with Crippen molar-refractivity contribution in [1.29, 1.82) is 0 Å². The van der Waals surface area contributed by atoms with Crippen LogP contribution in [0.4, 0.5) is 0 Å². The van der Waals surface area contributed by atoms with Crippen molar-refractivity contribution in [1.82, 2.24) is 10.6 Å². The van der Waals surface area contributed by atoms with Crippen LogP contribution in [0.15, 0.2) is 30.4 Å². The van der Waals surface area contributed by atoms with Crippen molar-refractivity contribution in [3.05, 3.63) is 35.9 Å². The number of ether oxygens (including phenoxy) is 2. The van der Waals surface area contributed by atoms with Crippen LogP contribution in [0.5, 0.6) is 11.5 Å². The van der Waals surface area contributed by atoms with Crippen LogP contribution >= 0.6 is 0 Å². The number of likely N-dealkylation sites (N-methyl/N-ethyl adjacent to an activating group) is 1. The molecule has 162 valence electrons. The third-order valence-electron chi connectivity index (χ3n) is 4.31. The predicted molar refractivity (Wildman–Crippen MR) is 116 cm³/mol. The summed E-state index contributed by atoms with van der Waals surface area (Å²) in [4.78, 5) is 23.6. The lowest BCUT2D eigenvalue weighted by Gasteiger charge is -2.11. The number of amides is 1. The second-order valence-corrected chi connectivity index (χ2v) is 7.39. The molecule has 1 rings (SSSR count). The molecule has 0 aliphatic carbocycles. The van der Waals surface area contributed by atoms with Crippen LogP contribution in [0.3, 0.4) is 0 Å². The van der Waals surface area contributed by atoms with Gasteiger partial charge in [0.15, 0.2) is 11.5 Å². The summed E-state index contributed by atoms with van der Waals surface area (Å²) in [5.41, 5.74) is 0.889. The Hall–Kier alpha value is -2.34. The molecule has 0 aliphatic rings. The van der Waals surface area contributed by atoms with Gasteiger partial charge in [-0.25, -0.2) is 0 Å². The molecular formula is C23H36N2O4. The number of hydrogen-bond donors (Lipinski definition) is 2. The largest absolute Gasteiger partial charge is 0.493 e. The Kier molecular flexibility index (Phi) is 12.5. The normalized spacial score (nSPS) is 11.1. The monoisotopic (exact) mass is 404 g/mol. The topological polar surface area (TPSA) is 76.7 Å². The van der Waals surface area contributed by atoms with E-state index in [1.807, 2.05) is 6.07 Å². The Labute approximate surface area is 175 Å². The van der Waals surface area contributed by atoms with E-state index in [1.54, 1.807) is 19.2 Å². The average Bonchev–Trinajstić information content (AvgIpc) is 2.69. The maximum absolute atomic E-state index is 12.0. The highest BCUT2D eigenvalue weighted by molar-refractivity contribution is 5.76. The van der Waals surface area contributed by atoms with Gasteiger partial charge in [-0.3, -0.25) is 9.59 Å². The lowest BCUT2D eigenvalue weighted by Crippen LogP contribution is -2.23. The van der Waals surface area contributed by atoms with E-state index in [-0.39, 0.29) is 18.4 Å². The molecule has 0 unspecified atom stereocenters. The standard InChI is InChI=1S/C23H36N2O4/c1-18(2)11-9-7-5-6-8-10-12-22(26)25-16-19-13-14-20(21(15-19)28-4)29-23(27)17-24-3/h9,11,13-15,18,24H,5-8,10,12,16-17H2,1-4H3,(H,25,26)/b11-9+. The fourth-order valence-electron chi connectivity index (χ4n) is 2.77. The zero-order valence-corrected chi connectivity index (χ0v) is 18.3. The molecule has 6 heteroatoms. The molecule has 0 saturated heterocycles. The van der Waals surface area contributed by atoms with E-state index in [4.69, 9.17) is 9.47 Å². The molecule has 1 aromatic rings. The Morgan fingerprint density at radius 2 is 1.86 bits per heavy atom. The number of carbonyl (C=O) groups excluding carboxylic acids is 2. The minimum absolute atomic E-state index is 0.0493. The van der Waals surface area contributed by atoms with Crippen molar-refractivity contribution in [2.75, 3.05) is 20.7 Å². The maximum atomic E-state index is 12.0. The molecule has 0 saturated carbocycles. The summed E-state index contributed by atoms with van der Waals surface area (Å²) in [6.45, 7) is 4.90. The van der Waals surface area contributed by atoms with Gasteiger partial charge in [0.2, 0.25) is 5.91 Å². The van der Waals surface area contributed by atoms with E-state index in [1.165, 1.54) is 13.5 Å². The molecule has 29 heavy (non-hydrogen) atoms. The lowest BCUT2D eigenvalue weighted by molar-refractivity contribution is -0.133. The molecule has 0 bridgehead atoms. The van der Waals surface area contributed by atoms with Gasteiger partial charge in [0.1, 0.15) is 0 Å². The molecule has 0 radical (unpaired) electrons. The number of nitrogens with one attached hydrogen (secondary N) is 2. The van der Waals surface area contributed by atoms with Gasteiger partial charge in [-0.05, 0) is 49.9 Å². The summed E-state index contributed by atoms with van der Waals surface area (Å²) in [5.74, 6) is 1.11. The molecule has 1 aromatic carbocycles. The third-order valence-corrected chi connectivity index (χ3v) is 4.31. The van der Waals surface area contributed by atoms with Crippen LogP contribution in [-0.2, 0) is 16.1 Å². The van der Waals surface area contributed by atoms with E-state index in [0.29, 0.717) is 30.4 Å². The third kappa shape index (κ3) is 11.3. The van der Waals surface area contributed by atoms with Gasteiger partial charge in [0, 0.05) is 13.0 Å². The van der Waals surface area contributed by atoms with Gasteiger partial charge in [0.25, 0.3) is 0 Å². The highest BCUT2D eigenvalue weighted by Crippen LogP contribution is 2.28. The van der Waals surface area contributed by atoms with Gasteiger partial charge in [-0.1, -0.05) is 44.9 Å². The Morgan fingerprint density at radius 1 is 1.10 bits per heavy atom. The first-order valence-electron chi connectivity index (χ1n) is 10.4. The average molecular weight is 405 g/mol. The number of hydrogen-bond acceptors (Lipinski definition) is 5. The van der Waals surface area contributed by atoms with Gasteiger partial charge in [0.05, 0.1) is 13.7 Å². The second-order valence-electron chi connectivity index (χ2n) is 7.39. The molecule has 6 nitrogen and oxygen atoms in total. The molecule has 1 amide bonds. The number of carbonyl (C=O) groups is 2. The molecule has 0 atom stereocenters. The van der Waals surface area contributed by atoms with Gasteiger partial charge in [-0.15, -0.1) is 0 Å². The number of rotatable bonds is 14. The maximum Gasteiger partial charge on any atom is 0.325 e. The van der Waals surface area contributed by atoms with Crippen molar-refractivity contribution in [3.63, 3.8) is 0 Å². The van der Waals surface area contributed by atoms with E-state index in [0.717, 1.165) is 31.2 Å². The first-order chi connectivity index (χ1) is 14.0. The molecule has 0 spiro atoms. The second kappa shape index (κ2) is 14.6. The van der Waals surface area contributed by atoms with Crippen molar-refractivity contribution in [2.45, 2.75) is 58.9 Å². The summed E-state index contributed by atoms with van der Waals surface area (Å²) < 4.78 is 10.5. The molecule has 0 heterocycles. The summed E-state index contributed by atoms with van der Waals surface area (Å²) in [5, 5.41) is 5.67. The van der Waals surface area contributed by atoms with Crippen molar-refractivity contribution in [3.8, 4) is 11.5 Å². The van der Waals surface area contributed by atoms with Crippen LogP contribution in [0.1, 0.15) is 57.9 Å². The smallest absolute Gasteiger partial charge is 0.325 e. The lowest BCUT2D eigenvalue weighted by atomic mass is 10.1. The quantitative estimate of drug-likeness (QED) is 0.212. The molecule has 2 N–H and O–H groups in total. The minimum atomic E-state index is -0.386. The van der Waals surface area contributed by atoms with Crippen molar-refractivity contribution in [2.24, 2.45) is 5.92 Å². The highest BCUT2D eigenvalue weighted by atomic mass is 16.6. The molecule has 0 fully saturated rings. The van der Waals surface area contributed by atoms with E-state index in [9.17, 15) is 9.59 Å². The highest BCUT2D eigenvalue weighted by Gasteiger charge is 2.11. The molecule has 0 aromatic heterocycles. The minimum Gasteiger partial charge on any atom is -0.493 e. The fourth-order valence-corrected chi connectivity index (χ4v) is 2.77. The molecular weight excluding hydrogens is 368 g/mol. The van der Waals surface area contributed by atoms with E-state index < -0.39 is 0 Å². The summed E-state index contributed by atoms with van der Waals surface area (Å²) in [6.07, 6.45) is 10.5. The van der Waals surface area contributed by atoms with Crippen LogP contribution in [-0.4, -0.2) is 32.6 Å². The number of benzene rings is 1. The van der Waals surface area contributed by atoms with E-state index >= 15 is 0 Å². The van der Waals surface area contributed by atoms with Crippen LogP contribution in [0.2, 0.25) is 0 Å². The summed E-state index contributed by atoms with van der Waals surface area (Å²) >= 11 is 0. The van der Waals surface area contributed by atoms with Crippen LogP contribution in [0, 0.1) is 5.92 Å². The number of esters is 1. The number of allylic oxidation sites excluding steroid dienone is 2. The number of methoxy groups -OCH3 is 1. The van der Waals surface area contributed by atoms with Gasteiger partial charge in [-0.2, -0.15) is 0 Å².